The number of hydrogen-bond donors (Lipinski definition) is 0. The number of nitrogens with zero attached hydrogens (tertiary/aromatic N) is 5. The number of hydrogen-bond acceptors (Lipinski definition) is 5. The maximum atomic E-state index is 9.80. The third-order valence-corrected chi connectivity index (χ3v) is 9.69. The second kappa shape index (κ2) is 11.9. The third kappa shape index (κ3) is 4.76. The van der Waals surface area contributed by atoms with E-state index in [0.29, 0.717) is 23.0 Å². The summed E-state index contributed by atoms with van der Waals surface area (Å²) in [5.41, 5.74) is 9.76. The monoisotopic (exact) mass is 665 g/mol. The Morgan fingerprint density at radius 2 is 1.10 bits per heavy atom. The van der Waals surface area contributed by atoms with E-state index < -0.39 is 0 Å². The van der Waals surface area contributed by atoms with Gasteiger partial charge in [0.1, 0.15) is 11.2 Å². The summed E-state index contributed by atoms with van der Waals surface area (Å²) in [4.78, 5) is 15.4. The van der Waals surface area contributed by atoms with Gasteiger partial charge in [0.25, 0.3) is 0 Å². The van der Waals surface area contributed by atoms with Gasteiger partial charge in [0.2, 0.25) is 0 Å². The predicted octanol–water partition coefficient (Wildman–Crippen LogP) is 11.4. The average Bonchev–Trinajstić information content (AvgIpc) is 3.77. The van der Waals surface area contributed by atoms with Gasteiger partial charge in [0.15, 0.2) is 17.5 Å². The Bertz CT molecular complexity index is 2970. The molecule has 0 bridgehead atoms. The lowest BCUT2D eigenvalue weighted by Crippen LogP contribution is -2.04. The lowest BCUT2D eigenvalue weighted by Gasteiger charge is -2.16. The van der Waals surface area contributed by atoms with Gasteiger partial charge in [-0.2, -0.15) is 5.26 Å². The molecular weight excluding hydrogens is 639 g/mol. The van der Waals surface area contributed by atoms with Crippen LogP contribution in [0.15, 0.2) is 168 Å². The minimum atomic E-state index is 0.543. The molecule has 6 heteroatoms. The highest BCUT2D eigenvalue weighted by Gasteiger charge is 2.21. The van der Waals surface area contributed by atoms with Gasteiger partial charge in [0.05, 0.1) is 28.4 Å². The molecule has 0 N–H and O–H groups in total. The number of rotatable bonds is 5. The summed E-state index contributed by atoms with van der Waals surface area (Å²) in [6.07, 6.45) is 0. The van der Waals surface area contributed by atoms with Crippen molar-refractivity contribution >= 4 is 43.7 Å². The minimum absolute atomic E-state index is 0.543. The summed E-state index contributed by atoms with van der Waals surface area (Å²) < 4.78 is 8.76. The number of aromatic nitrogens is 4. The number of para-hydroxylation sites is 3. The zero-order chi connectivity index (χ0) is 34.6. The van der Waals surface area contributed by atoms with Crippen molar-refractivity contribution < 1.29 is 4.42 Å². The first-order valence-electron chi connectivity index (χ1n) is 17.1. The molecule has 0 unspecified atom stereocenters. The number of benzene rings is 7. The van der Waals surface area contributed by atoms with Crippen molar-refractivity contribution in [3.63, 3.8) is 0 Å². The zero-order valence-electron chi connectivity index (χ0n) is 27.7. The van der Waals surface area contributed by atoms with Crippen LogP contribution in [0, 0.1) is 11.3 Å². The van der Waals surface area contributed by atoms with Gasteiger partial charge in [-0.15, -0.1) is 0 Å². The van der Waals surface area contributed by atoms with E-state index in [0.717, 1.165) is 77.2 Å². The Kier molecular flexibility index (Phi) is 6.76. The largest absolute Gasteiger partial charge is 0.455 e. The van der Waals surface area contributed by atoms with E-state index >= 15 is 0 Å². The van der Waals surface area contributed by atoms with E-state index in [1.807, 2.05) is 109 Å². The van der Waals surface area contributed by atoms with Gasteiger partial charge in [-0.3, -0.25) is 0 Å². The molecule has 6 nitrogen and oxygen atoms in total. The Balaban J connectivity index is 1.30. The molecule has 0 aliphatic heterocycles. The second-order valence-corrected chi connectivity index (χ2v) is 12.7. The van der Waals surface area contributed by atoms with Gasteiger partial charge in [-0.1, -0.05) is 121 Å². The van der Waals surface area contributed by atoms with E-state index in [1.165, 1.54) is 0 Å². The highest BCUT2D eigenvalue weighted by molar-refractivity contribution is 6.11. The Morgan fingerprint density at radius 3 is 1.85 bits per heavy atom. The molecule has 52 heavy (non-hydrogen) atoms. The third-order valence-electron chi connectivity index (χ3n) is 9.69. The van der Waals surface area contributed by atoms with Crippen LogP contribution in [0.4, 0.5) is 0 Å². The summed E-state index contributed by atoms with van der Waals surface area (Å²) in [6.45, 7) is 0. The van der Waals surface area contributed by atoms with Crippen LogP contribution in [0.25, 0.3) is 94.7 Å². The molecule has 0 saturated carbocycles. The van der Waals surface area contributed by atoms with Crippen LogP contribution < -0.4 is 0 Å². The van der Waals surface area contributed by atoms with Crippen LogP contribution in [-0.4, -0.2) is 19.5 Å². The van der Waals surface area contributed by atoms with Crippen molar-refractivity contribution in [2.24, 2.45) is 0 Å². The van der Waals surface area contributed by atoms with Gasteiger partial charge in [-0.05, 0) is 48.0 Å². The van der Waals surface area contributed by atoms with Crippen molar-refractivity contribution in [1.82, 2.24) is 19.5 Å². The quantitative estimate of drug-likeness (QED) is 0.183. The molecule has 0 amide bonds. The first-order valence-corrected chi connectivity index (χ1v) is 17.1. The number of nitriles is 1. The highest BCUT2D eigenvalue weighted by atomic mass is 16.3. The summed E-state index contributed by atoms with van der Waals surface area (Å²) >= 11 is 0. The SMILES string of the molecule is N#Cc1ccc2c(c1)c1ccccc1n2-c1ccc(-c2cccc3c2oc2ccccc23)cc1-c1nc(-c2ccccc2)nc(-c2ccccc2)n1. The number of furan rings is 1. The molecular formula is C46H27N5O. The fraction of sp³-hybridized carbons (Fsp3) is 0. The predicted molar refractivity (Wildman–Crippen MR) is 208 cm³/mol. The van der Waals surface area contributed by atoms with Crippen molar-refractivity contribution in [1.29, 1.82) is 5.26 Å². The van der Waals surface area contributed by atoms with Crippen LogP contribution in [0.5, 0.6) is 0 Å². The Morgan fingerprint density at radius 1 is 0.462 bits per heavy atom. The fourth-order valence-corrected chi connectivity index (χ4v) is 7.28. The molecule has 7 aromatic carbocycles. The van der Waals surface area contributed by atoms with Crippen LogP contribution in [-0.2, 0) is 0 Å². The molecule has 0 aliphatic carbocycles. The Hall–Kier alpha value is -7.36. The van der Waals surface area contributed by atoms with Crippen LogP contribution >= 0.6 is 0 Å². The maximum absolute atomic E-state index is 9.80. The molecule has 10 aromatic rings. The smallest absolute Gasteiger partial charge is 0.166 e. The first-order chi connectivity index (χ1) is 25.7. The van der Waals surface area contributed by atoms with Gasteiger partial charge in [-0.25, -0.2) is 15.0 Å². The molecule has 242 valence electrons. The summed E-state index contributed by atoms with van der Waals surface area (Å²) in [5, 5.41) is 14.0. The second-order valence-electron chi connectivity index (χ2n) is 12.7. The fourth-order valence-electron chi connectivity index (χ4n) is 7.28. The summed E-state index contributed by atoms with van der Waals surface area (Å²) in [6, 6.07) is 57.4. The van der Waals surface area contributed by atoms with Gasteiger partial charge < -0.3 is 8.98 Å². The zero-order valence-corrected chi connectivity index (χ0v) is 27.7. The standard InChI is InChI=1S/C46H27N5O/c47-28-29-22-24-40-37(26-29)34-16-7-9-20-39(34)51(40)41-25-23-32(33-18-11-19-36-35-17-8-10-21-42(35)52-43(33)36)27-38(41)46-49-44(30-12-3-1-4-13-30)48-45(50-46)31-14-5-2-6-15-31/h1-27H. The summed E-state index contributed by atoms with van der Waals surface area (Å²) in [7, 11) is 0. The summed E-state index contributed by atoms with van der Waals surface area (Å²) in [5.74, 6) is 1.71. The molecule has 0 spiro atoms. The van der Waals surface area contributed by atoms with Crippen molar-refractivity contribution in [2.45, 2.75) is 0 Å². The van der Waals surface area contributed by atoms with E-state index in [-0.39, 0.29) is 0 Å². The lowest BCUT2D eigenvalue weighted by molar-refractivity contribution is 0.670. The minimum Gasteiger partial charge on any atom is -0.455 e. The topological polar surface area (TPSA) is 80.5 Å². The van der Waals surface area contributed by atoms with E-state index in [9.17, 15) is 5.26 Å². The van der Waals surface area contributed by atoms with Crippen molar-refractivity contribution in [3.8, 4) is 57.0 Å². The van der Waals surface area contributed by atoms with E-state index in [4.69, 9.17) is 19.4 Å². The molecule has 0 atom stereocenters. The molecule has 10 rings (SSSR count). The molecule has 3 heterocycles. The van der Waals surface area contributed by atoms with Gasteiger partial charge in [0, 0.05) is 43.8 Å². The normalized spacial score (nSPS) is 11.4. The first kappa shape index (κ1) is 29.5. The van der Waals surface area contributed by atoms with Crippen LogP contribution in [0.1, 0.15) is 5.56 Å². The molecule has 0 fully saturated rings. The highest BCUT2D eigenvalue weighted by Crippen LogP contribution is 2.41. The van der Waals surface area contributed by atoms with Crippen molar-refractivity contribution in [3.05, 3.63) is 169 Å². The molecule has 3 aromatic heterocycles. The lowest BCUT2D eigenvalue weighted by atomic mass is 9.98. The van der Waals surface area contributed by atoms with Gasteiger partial charge >= 0.3 is 0 Å². The average molecular weight is 666 g/mol. The maximum Gasteiger partial charge on any atom is 0.166 e. The Labute approximate surface area is 298 Å². The molecule has 0 aliphatic rings. The van der Waals surface area contributed by atoms with E-state index in [2.05, 4.69) is 65.2 Å². The van der Waals surface area contributed by atoms with Crippen molar-refractivity contribution in [2.75, 3.05) is 0 Å². The van der Waals surface area contributed by atoms with E-state index in [1.54, 1.807) is 0 Å². The van der Waals surface area contributed by atoms with Crippen LogP contribution in [0.2, 0.25) is 0 Å². The van der Waals surface area contributed by atoms with Crippen LogP contribution in [0.3, 0.4) is 0 Å². The molecule has 0 radical (unpaired) electrons. The molecule has 0 saturated heterocycles. The number of fused-ring (bicyclic) bond motifs is 6.